The van der Waals surface area contributed by atoms with Crippen LogP contribution in [-0.4, -0.2) is 51.4 Å². The number of fused-ring (bicyclic) bond motifs is 1. The van der Waals surface area contributed by atoms with Crippen LogP contribution in [0.4, 0.5) is 0 Å². The van der Waals surface area contributed by atoms with Crippen molar-refractivity contribution >= 4 is 0 Å². The van der Waals surface area contributed by atoms with Crippen molar-refractivity contribution in [1.29, 1.82) is 0 Å². The summed E-state index contributed by atoms with van der Waals surface area (Å²) in [7, 11) is 0. The third kappa shape index (κ3) is 3.66. The number of hydrogen-bond acceptors (Lipinski definition) is 4. The molecule has 1 saturated heterocycles. The second-order valence-electron chi connectivity index (χ2n) is 9.71. The van der Waals surface area contributed by atoms with Gasteiger partial charge in [-0.2, -0.15) is 4.65 Å². The number of benzene rings is 1. The van der Waals surface area contributed by atoms with Gasteiger partial charge >= 0.3 is 0 Å². The minimum absolute atomic E-state index is 0.0243. The molecule has 4 atom stereocenters. The summed E-state index contributed by atoms with van der Waals surface area (Å²) in [4.78, 5) is 0. The van der Waals surface area contributed by atoms with E-state index in [1.165, 1.54) is 12.8 Å². The molecule has 5 heteroatoms. The fraction of sp³-hybridized carbons (Fsp3) is 0.704. The van der Waals surface area contributed by atoms with E-state index in [-0.39, 0.29) is 22.2 Å². The maximum absolute atomic E-state index is 12.0. The zero-order valence-corrected chi connectivity index (χ0v) is 20.8. The van der Waals surface area contributed by atoms with Gasteiger partial charge < -0.3 is 14.9 Å². The summed E-state index contributed by atoms with van der Waals surface area (Å²) in [5, 5.41) is 33.2. The smallest absolute Gasteiger partial charge is 0.161 e. The van der Waals surface area contributed by atoms with Crippen LogP contribution in [0.5, 0.6) is 11.5 Å². The lowest BCUT2D eigenvalue weighted by Gasteiger charge is -2.52. The van der Waals surface area contributed by atoms with Crippen molar-refractivity contribution in [3.05, 3.63) is 35.4 Å². The second kappa shape index (κ2) is 9.36. The van der Waals surface area contributed by atoms with Crippen LogP contribution in [0.15, 0.2) is 24.3 Å². The molecule has 2 saturated carbocycles. The molecule has 1 aromatic rings. The molecule has 5 nitrogen and oxygen atoms in total. The molecule has 4 aliphatic rings. The van der Waals surface area contributed by atoms with Crippen molar-refractivity contribution < 1.29 is 24.8 Å². The molecule has 1 aliphatic heterocycles. The Labute approximate surface area is 194 Å². The third-order valence-electron chi connectivity index (χ3n) is 7.84. The topological polar surface area (TPSA) is 69.9 Å². The molecule has 2 bridgehead atoms. The third-order valence-corrected chi connectivity index (χ3v) is 7.84. The normalized spacial score (nSPS) is 34.4. The highest BCUT2D eigenvalue weighted by molar-refractivity contribution is 5.58. The van der Waals surface area contributed by atoms with E-state index in [9.17, 15) is 15.4 Å². The minimum atomic E-state index is -0.539. The standard InChI is InChI=1S/C23H31NO4.2C2H6/c1-3-10-28-23-9-8-15(2)12-22(23)14-24(27,13-16-4-5-16)19(23)11-17-6-7-18(25)21(26)20(17)22;2*1-2/h6-7,16,19,27H,2-5,8-14H2,1H3,(H-,25,26);2*1-2H3/p+1/t19-,22?,23-,24?;;/m1../s1. The second-order valence-corrected chi connectivity index (χ2v) is 9.71. The highest BCUT2D eigenvalue weighted by atomic mass is 16.6. The SMILES string of the molecule is C=C1CC[C@@]2(OCCC)[C@H]3Cc4ccc(O)c(O)c4C2(C1)C[N+]3(O)CC1CC1.CC.CC. The highest BCUT2D eigenvalue weighted by Crippen LogP contribution is 2.65. The van der Waals surface area contributed by atoms with E-state index in [2.05, 4.69) is 13.5 Å². The summed E-state index contributed by atoms with van der Waals surface area (Å²) in [5.41, 5.74) is 1.92. The summed E-state index contributed by atoms with van der Waals surface area (Å²) in [6, 6.07) is 3.46. The molecule has 3 N–H and O–H groups in total. The Balaban J connectivity index is 0.000000686. The first kappa shape index (κ1) is 25.1. The summed E-state index contributed by atoms with van der Waals surface area (Å²) in [6.07, 6.45) is 6.37. The van der Waals surface area contributed by atoms with E-state index >= 15 is 0 Å². The monoisotopic (exact) mass is 446 g/mol. The van der Waals surface area contributed by atoms with Gasteiger partial charge in [-0.05, 0) is 50.2 Å². The zero-order valence-electron chi connectivity index (χ0n) is 20.8. The summed E-state index contributed by atoms with van der Waals surface area (Å²) in [6.45, 7) is 16.3. The van der Waals surface area contributed by atoms with E-state index in [0.29, 0.717) is 31.9 Å². The number of nitrogens with zero attached hydrogens (tertiary/aromatic N) is 1. The van der Waals surface area contributed by atoms with E-state index in [1.807, 2.05) is 33.8 Å². The van der Waals surface area contributed by atoms with Crippen LogP contribution in [-0.2, 0) is 16.6 Å². The predicted octanol–water partition coefficient (Wildman–Crippen LogP) is 5.85. The number of allylic oxidation sites excluding steroid dienone is 1. The minimum Gasteiger partial charge on any atom is -0.504 e. The Kier molecular flexibility index (Phi) is 7.33. The number of hydroxylamine groups is 3. The number of ether oxygens (including phenoxy) is 1. The van der Waals surface area contributed by atoms with Gasteiger partial charge in [-0.1, -0.05) is 52.8 Å². The van der Waals surface area contributed by atoms with Crippen molar-refractivity contribution in [1.82, 2.24) is 0 Å². The molecular weight excluding hydrogens is 402 g/mol. The number of hydrogen-bond donors (Lipinski definition) is 3. The maximum Gasteiger partial charge on any atom is 0.161 e. The molecule has 0 spiro atoms. The van der Waals surface area contributed by atoms with Crippen LogP contribution in [0.3, 0.4) is 0 Å². The quantitative estimate of drug-likeness (QED) is 0.301. The lowest BCUT2D eigenvalue weighted by atomic mass is 9.54. The Morgan fingerprint density at radius 2 is 1.84 bits per heavy atom. The summed E-state index contributed by atoms with van der Waals surface area (Å²) >= 11 is 0. The number of likely N-dealkylation sites (tertiary alicyclic amines) is 1. The average molecular weight is 447 g/mol. The molecule has 1 aromatic carbocycles. The molecule has 0 radical (unpaired) electrons. The average Bonchev–Trinajstić information content (AvgIpc) is 3.58. The van der Waals surface area contributed by atoms with Crippen LogP contribution in [0, 0.1) is 5.92 Å². The molecule has 180 valence electrons. The Bertz CT molecular complexity index is 835. The van der Waals surface area contributed by atoms with Gasteiger partial charge in [0.1, 0.15) is 18.7 Å². The Hall–Kier alpha value is -1.56. The highest BCUT2D eigenvalue weighted by Gasteiger charge is 2.77. The van der Waals surface area contributed by atoms with Gasteiger partial charge in [-0.25, -0.2) is 5.21 Å². The van der Waals surface area contributed by atoms with Crippen LogP contribution >= 0.6 is 0 Å². The Morgan fingerprint density at radius 3 is 2.47 bits per heavy atom. The lowest BCUT2D eigenvalue weighted by molar-refractivity contribution is -1.11. The molecular formula is C27H44NO4+. The largest absolute Gasteiger partial charge is 0.504 e. The van der Waals surface area contributed by atoms with Crippen LogP contribution in [0.2, 0.25) is 0 Å². The molecule has 3 aliphatic carbocycles. The molecule has 5 rings (SSSR count). The number of phenols is 2. The number of quaternary nitrogens is 1. The van der Waals surface area contributed by atoms with Crippen molar-refractivity contribution in [2.75, 3.05) is 19.7 Å². The number of rotatable bonds is 5. The molecule has 1 heterocycles. The van der Waals surface area contributed by atoms with Gasteiger partial charge in [0.05, 0.1) is 5.41 Å². The number of aromatic hydroxyl groups is 2. The van der Waals surface area contributed by atoms with Crippen molar-refractivity contribution in [2.24, 2.45) is 5.92 Å². The zero-order chi connectivity index (χ0) is 23.7. The molecule has 3 fully saturated rings. The van der Waals surface area contributed by atoms with Crippen molar-refractivity contribution in [3.63, 3.8) is 0 Å². The first-order valence-electron chi connectivity index (χ1n) is 12.8. The summed E-state index contributed by atoms with van der Waals surface area (Å²) < 4.78 is 6.71. The Morgan fingerprint density at radius 1 is 1.16 bits per heavy atom. The van der Waals surface area contributed by atoms with Crippen LogP contribution in [0.1, 0.15) is 84.3 Å². The number of phenolic OH excluding ortho intramolecular Hbond substituents is 2. The van der Waals surface area contributed by atoms with Crippen LogP contribution in [0.25, 0.3) is 0 Å². The molecule has 0 amide bonds. The van der Waals surface area contributed by atoms with E-state index in [0.717, 1.165) is 42.5 Å². The van der Waals surface area contributed by atoms with E-state index in [1.54, 1.807) is 6.07 Å². The van der Waals surface area contributed by atoms with Gasteiger partial charge in [0, 0.05) is 24.5 Å². The van der Waals surface area contributed by atoms with Gasteiger partial charge in [-0.15, -0.1) is 0 Å². The van der Waals surface area contributed by atoms with Gasteiger partial charge in [0.25, 0.3) is 0 Å². The maximum atomic E-state index is 12.0. The van der Waals surface area contributed by atoms with Crippen molar-refractivity contribution in [2.45, 2.75) is 96.6 Å². The summed E-state index contributed by atoms with van der Waals surface area (Å²) in [5.74, 6) is 0.464. The molecule has 0 aromatic heterocycles. The first-order chi connectivity index (χ1) is 15.4. The lowest BCUT2D eigenvalue weighted by Crippen LogP contribution is -2.64. The molecule has 2 unspecified atom stereocenters. The van der Waals surface area contributed by atoms with Crippen molar-refractivity contribution in [3.8, 4) is 11.5 Å². The van der Waals surface area contributed by atoms with Gasteiger partial charge in [0.15, 0.2) is 17.5 Å². The fourth-order valence-corrected chi connectivity index (χ4v) is 6.69. The van der Waals surface area contributed by atoms with Gasteiger partial charge in [0.2, 0.25) is 0 Å². The van der Waals surface area contributed by atoms with E-state index in [4.69, 9.17) is 4.74 Å². The molecule has 32 heavy (non-hydrogen) atoms. The predicted molar refractivity (Wildman–Crippen MR) is 128 cm³/mol. The fourth-order valence-electron chi connectivity index (χ4n) is 6.69. The van der Waals surface area contributed by atoms with Gasteiger partial charge in [-0.3, -0.25) is 0 Å². The van der Waals surface area contributed by atoms with Crippen LogP contribution < -0.4 is 0 Å². The van der Waals surface area contributed by atoms with E-state index < -0.39 is 11.0 Å². The first-order valence-corrected chi connectivity index (χ1v) is 12.8.